The Kier molecular flexibility index (Phi) is 37.6. The molecule has 0 aromatic heterocycles. The molecule has 57 heavy (non-hydrogen) atoms. The number of aliphatic carboxylic acids is 1. The molecule has 12 heteroatoms. The summed E-state index contributed by atoms with van der Waals surface area (Å²) in [6.07, 6.45) is 46.4. The Morgan fingerprint density at radius 1 is 0.561 bits per heavy atom. The number of carbonyl (C=O) groups excluding carboxylic acids is 2. The zero-order valence-electron chi connectivity index (χ0n) is 35.1. The number of allylic oxidation sites excluding steroid dienone is 12. The number of hydrogen-bond donors (Lipinski definition) is 4. The third-order valence-corrected chi connectivity index (χ3v) is 9.67. The average molecular weight is 822 g/mol. The summed E-state index contributed by atoms with van der Waals surface area (Å²) in [4.78, 5) is 45.8. The van der Waals surface area contributed by atoms with E-state index in [2.05, 4.69) is 92.1 Å². The Morgan fingerprint density at radius 2 is 0.982 bits per heavy atom. The molecule has 0 saturated carbocycles. The second kappa shape index (κ2) is 39.7. The molecule has 0 rings (SSSR count). The lowest BCUT2D eigenvalue weighted by atomic mass is 10.1. The summed E-state index contributed by atoms with van der Waals surface area (Å²) in [6, 6.07) is -1.56. The molecule has 0 spiro atoms. The van der Waals surface area contributed by atoms with Crippen LogP contribution in [0.5, 0.6) is 0 Å². The van der Waals surface area contributed by atoms with Gasteiger partial charge in [0.05, 0.1) is 13.2 Å². The highest BCUT2D eigenvalue weighted by Gasteiger charge is 2.28. The fraction of sp³-hybridized carbons (Fsp3) is 0.667. The number of nitrogens with one attached hydrogen (secondary N) is 1. The average Bonchev–Trinajstić information content (AvgIpc) is 3.18. The number of amides is 1. The summed E-state index contributed by atoms with van der Waals surface area (Å²) in [5.41, 5.74) is 0. The number of phosphoric ester groups is 1. The molecule has 326 valence electrons. The number of carboxylic acids is 1. The number of carbonyl (C=O) groups is 3. The largest absolute Gasteiger partial charge is 0.480 e. The lowest BCUT2D eigenvalue weighted by molar-refractivity contribution is -0.147. The minimum absolute atomic E-state index is 0.123. The third-order valence-electron chi connectivity index (χ3n) is 8.72. The normalized spacial score (nSPS) is 14.5. The first-order valence-electron chi connectivity index (χ1n) is 21.5. The topological polar surface area (TPSA) is 169 Å². The van der Waals surface area contributed by atoms with Crippen LogP contribution < -0.4 is 5.32 Å². The maximum Gasteiger partial charge on any atom is 0.472 e. The highest BCUT2D eigenvalue weighted by atomic mass is 31.2. The van der Waals surface area contributed by atoms with Crippen molar-refractivity contribution in [3.63, 3.8) is 0 Å². The second-order valence-corrected chi connectivity index (χ2v) is 15.6. The molecule has 3 unspecified atom stereocenters. The standard InChI is InChI=1S/C45H76NO10P/c1-3-5-7-9-11-13-15-17-19-20-21-22-23-25-27-29-31-33-35-37-44(49)54-38-41(47)39-55-57(52,53)56-40-42(45(50)51)46-43(48)36-34-32-30-28-26-24-18-16-14-12-10-8-6-4-2/h10-13,16-19,21-22,25,27,41-42,47H,3-9,14-15,20,23-24,26,28-40H2,1-2H3,(H,46,48)(H,50,51)(H,52,53)/b12-10-,13-11-,18-16-,19-17-,22-21-,27-25-. The van der Waals surface area contributed by atoms with E-state index in [1.54, 1.807) is 0 Å². The van der Waals surface area contributed by atoms with E-state index in [9.17, 15) is 34.1 Å². The van der Waals surface area contributed by atoms with E-state index in [1.165, 1.54) is 38.5 Å². The first-order valence-corrected chi connectivity index (χ1v) is 23.0. The minimum atomic E-state index is -4.77. The number of rotatable bonds is 39. The monoisotopic (exact) mass is 822 g/mol. The van der Waals surface area contributed by atoms with E-state index in [4.69, 9.17) is 13.8 Å². The van der Waals surface area contributed by atoms with Gasteiger partial charge in [-0.2, -0.15) is 0 Å². The van der Waals surface area contributed by atoms with Crippen molar-refractivity contribution in [1.29, 1.82) is 0 Å². The number of carboxylic acid groups (broad SMARTS) is 1. The van der Waals surface area contributed by atoms with Gasteiger partial charge in [0.1, 0.15) is 12.7 Å². The van der Waals surface area contributed by atoms with Crippen molar-refractivity contribution >= 4 is 25.7 Å². The third kappa shape index (κ3) is 39.5. The minimum Gasteiger partial charge on any atom is -0.480 e. The van der Waals surface area contributed by atoms with Crippen molar-refractivity contribution in [2.24, 2.45) is 0 Å². The van der Waals surface area contributed by atoms with Crippen LogP contribution in [0.25, 0.3) is 0 Å². The lowest BCUT2D eigenvalue weighted by Gasteiger charge is -2.18. The zero-order valence-corrected chi connectivity index (χ0v) is 36.0. The number of ether oxygens (including phenoxy) is 1. The summed E-state index contributed by atoms with van der Waals surface area (Å²) < 4.78 is 26.8. The maximum atomic E-state index is 12.3. The van der Waals surface area contributed by atoms with Crippen LogP contribution in [-0.4, -0.2) is 64.9 Å². The molecule has 0 saturated heterocycles. The highest BCUT2D eigenvalue weighted by molar-refractivity contribution is 7.47. The van der Waals surface area contributed by atoms with Crippen molar-refractivity contribution in [2.45, 2.75) is 174 Å². The van der Waals surface area contributed by atoms with Gasteiger partial charge in [0.25, 0.3) is 0 Å². The predicted octanol–water partition coefficient (Wildman–Crippen LogP) is 10.9. The molecule has 0 bridgehead atoms. The van der Waals surface area contributed by atoms with E-state index in [1.807, 2.05) is 0 Å². The van der Waals surface area contributed by atoms with Crippen LogP contribution in [0.2, 0.25) is 0 Å². The molecule has 11 nitrogen and oxygen atoms in total. The summed E-state index contributed by atoms with van der Waals surface area (Å²) >= 11 is 0. The first kappa shape index (κ1) is 53.9. The molecule has 0 aromatic rings. The van der Waals surface area contributed by atoms with Gasteiger partial charge in [0, 0.05) is 12.8 Å². The summed E-state index contributed by atoms with van der Waals surface area (Å²) in [6.45, 7) is 2.46. The number of esters is 1. The number of phosphoric acid groups is 1. The van der Waals surface area contributed by atoms with Crippen molar-refractivity contribution in [1.82, 2.24) is 5.32 Å². The Balaban J connectivity index is 3.99. The number of unbranched alkanes of at least 4 members (excludes halogenated alkanes) is 13. The molecule has 4 N–H and O–H groups in total. The number of hydrogen-bond acceptors (Lipinski definition) is 8. The van der Waals surface area contributed by atoms with Crippen LogP contribution in [0.1, 0.15) is 162 Å². The summed E-state index contributed by atoms with van der Waals surface area (Å²) in [7, 11) is -4.77. The van der Waals surface area contributed by atoms with Crippen molar-refractivity contribution in [2.75, 3.05) is 19.8 Å². The molecule has 0 fully saturated rings. The Bertz CT molecular complexity index is 1240. The molecular formula is C45H76NO10P. The molecule has 0 aliphatic rings. The van der Waals surface area contributed by atoms with Gasteiger partial charge in [-0.1, -0.05) is 138 Å². The molecule has 0 heterocycles. The van der Waals surface area contributed by atoms with Crippen LogP contribution >= 0.6 is 7.82 Å². The smallest absolute Gasteiger partial charge is 0.472 e. The van der Waals surface area contributed by atoms with Gasteiger partial charge in [-0.25, -0.2) is 9.36 Å². The quantitative estimate of drug-likeness (QED) is 0.0203. The van der Waals surface area contributed by atoms with Crippen LogP contribution in [0, 0.1) is 0 Å². The molecule has 0 radical (unpaired) electrons. The van der Waals surface area contributed by atoms with Gasteiger partial charge in [-0.3, -0.25) is 18.6 Å². The fourth-order valence-electron chi connectivity index (χ4n) is 5.31. The van der Waals surface area contributed by atoms with Crippen LogP contribution in [0.3, 0.4) is 0 Å². The fourth-order valence-corrected chi connectivity index (χ4v) is 6.09. The summed E-state index contributed by atoms with van der Waals surface area (Å²) in [5.74, 6) is -2.44. The van der Waals surface area contributed by atoms with E-state index in [-0.39, 0.29) is 12.8 Å². The maximum absolute atomic E-state index is 12.3. The predicted molar refractivity (Wildman–Crippen MR) is 231 cm³/mol. The van der Waals surface area contributed by atoms with E-state index in [0.29, 0.717) is 12.8 Å². The molecular weight excluding hydrogens is 745 g/mol. The zero-order chi connectivity index (χ0) is 42.1. The van der Waals surface area contributed by atoms with Gasteiger partial charge in [-0.05, 0) is 83.5 Å². The van der Waals surface area contributed by atoms with Crippen molar-refractivity contribution in [3.05, 3.63) is 72.9 Å². The Labute approximate surface area is 344 Å². The van der Waals surface area contributed by atoms with Crippen molar-refractivity contribution < 1.29 is 47.8 Å². The Morgan fingerprint density at radius 3 is 1.51 bits per heavy atom. The second-order valence-electron chi connectivity index (χ2n) is 14.2. The number of aliphatic hydroxyl groups is 1. The van der Waals surface area contributed by atoms with Crippen LogP contribution in [0.4, 0.5) is 0 Å². The van der Waals surface area contributed by atoms with E-state index >= 15 is 0 Å². The SMILES string of the molecule is CCCC/C=C\C/C=C\CCCCCCCC(=O)NC(COP(=O)(O)OCC(O)COC(=O)CCCCC/C=C\C/C=C\C/C=C\C/C=C\CCCCC)C(=O)O. The molecule has 0 aliphatic heterocycles. The van der Waals surface area contributed by atoms with Gasteiger partial charge in [0.15, 0.2) is 6.04 Å². The van der Waals surface area contributed by atoms with Gasteiger partial charge >= 0.3 is 19.8 Å². The summed E-state index contributed by atoms with van der Waals surface area (Å²) in [5, 5.41) is 21.8. The molecule has 0 aromatic carbocycles. The van der Waals surface area contributed by atoms with E-state index < -0.39 is 57.6 Å². The lowest BCUT2D eigenvalue weighted by Crippen LogP contribution is -2.43. The van der Waals surface area contributed by atoms with Crippen molar-refractivity contribution in [3.8, 4) is 0 Å². The van der Waals surface area contributed by atoms with Gasteiger partial charge in [-0.15, -0.1) is 0 Å². The molecule has 3 atom stereocenters. The molecule has 1 amide bonds. The van der Waals surface area contributed by atoms with E-state index in [0.717, 1.165) is 83.5 Å². The van der Waals surface area contributed by atoms with Crippen LogP contribution in [-0.2, 0) is 32.7 Å². The highest BCUT2D eigenvalue weighted by Crippen LogP contribution is 2.43. The number of aliphatic hydroxyl groups excluding tert-OH is 1. The molecule has 0 aliphatic carbocycles. The first-order chi connectivity index (χ1) is 27.6. The van der Waals surface area contributed by atoms with Gasteiger partial charge < -0.3 is 25.2 Å². The van der Waals surface area contributed by atoms with Crippen LogP contribution in [0.15, 0.2) is 72.9 Å². The van der Waals surface area contributed by atoms with Gasteiger partial charge in [0.2, 0.25) is 5.91 Å². The Hall–Kier alpha value is -3.08.